The summed E-state index contributed by atoms with van der Waals surface area (Å²) < 4.78 is 14.0. The van der Waals surface area contributed by atoms with Gasteiger partial charge in [-0.3, -0.25) is 0 Å². The molecule has 1 aromatic carbocycles. The van der Waals surface area contributed by atoms with Crippen LogP contribution in [0, 0.1) is 11.7 Å². The van der Waals surface area contributed by atoms with E-state index in [0.29, 0.717) is 5.56 Å². The highest BCUT2D eigenvalue weighted by molar-refractivity contribution is 6.30. The van der Waals surface area contributed by atoms with Crippen LogP contribution in [0.3, 0.4) is 0 Å². The molecule has 0 saturated heterocycles. The minimum absolute atomic E-state index is 0.0734. The Labute approximate surface area is 114 Å². The van der Waals surface area contributed by atoms with Crippen LogP contribution >= 0.6 is 11.6 Å². The molecule has 0 bridgehead atoms. The zero-order valence-electron chi connectivity index (χ0n) is 10.9. The molecule has 0 aromatic heterocycles. The van der Waals surface area contributed by atoms with E-state index in [0.717, 1.165) is 12.3 Å². The van der Waals surface area contributed by atoms with E-state index in [-0.39, 0.29) is 16.9 Å². The summed E-state index contributed by atoms with van der Waals surface area (Å²) in [5.41, 5.74) is 0.697. The predicted molar refractivity (Wildman–Crippen MR) is 74.4 cm³/mol. The molecule has 1 aliphatic rings. The minimum atomic E-state index is -0.273. The van der Waals surface area contributed by atoms with Gasteiger partial charge in [-0.05, 0) is 31.9 Å². The molecule has 0 amide bonds. The van der Waals surface area contributed by atoms with E-state index in [4.69, 9.17) is 11.6 Å². The van der Waals surface area contributed by atoms with Crippen LogP contribution in [-0.4, -0.2) is 7.05 Å². The molecular formula is C15H21ClFN. The summed E-state index contributed by atoms with van der Waals surface area (Å²) in [6.07, 6.45) is 7.57. The van der Waals surface area contributed by atoms with Crippen molar-refractivity contribution < 1.29 is 4.39 Å². The molecule has 1 atom stereocenters. The van der Waals surface area contributed by atoms with E-state index in [1.54, 1.807) is 6.07 Å². The maximum Gasteiger partial charge on any atom is 0.146 e. The minimum Gasteiger partial charge on any atom is -0.313 e. The lowest BCUT2D eigenvalue weighted by molar-refractivity contribution is 0.418. The molecule has 3 heteroatoms. The third-order valence-corrected chi connectivity index (χ3v) is 4.34. The van der Waals surface area contributed by atoms with E-state index >= 15 is 0 Å². The summed E-state index contributed by atoms with van der Waals surface area (Å²) in [7, 11) is 1.89. The van der Waals surface area contributed by atoms with Gasteiger partial charge in [0.1, 0.15) is 5.82 Å². The molecule has 1 nitrogen and oxygen atoms in total. The molecule has 0 spiro atoms. The molecule has 1 saturated carbocycles. The van der Waals surface area contributed by atoms with Crippen LogP contribution in [-0.2, 0) is 0 Å². The Morgan fingerprint density at radius 1 is 1.39 bits per heavy atom. The van der Waals surface area contributed by atoms with Crippen molar-refractivity contribution in [2.24, 2.45) is 5.92 Å². The van der Waals surface area contributed by atoms with Crippen LogP contribution in [0.1, 0.15) is 50.1 Å². The SMILES string of the molecule is CNC(CCC1CCCC1)c1cccc(Cl)c1F. The maximum atomic E-state index is 14.0. The second-order valence-electron chi connectivity index (χ2n) is 5.21. The van der Waals surface area contributed by atoms with Crippen molar-refractivity contribution in [3.63, 3.8) is 0 Å². The van der Waals surface area contributed by atoms with Gasteiger partial charge in [0.15, 0.2) is 0 Å². The highest BCUT2D eigenvalue weighted by atomic mass is 35.5. The Hall–Kier alpha value is -0.600. The van der Waals surface area contributed by atoms with Crippen molar-refractivity contribution in [3.05, 3.63) is 34.6 Å². The number of rotatable bonds is 5. The quantitative estimate of drug-likeness (QED) is 0.816. The van der Waals surface area contributed by atoms with Crippen molar-refractivity contribution in [1.82, 2.24) is 5.32 Å². The van der Waals surface area contributed by atoms with Gasteiger partial charge in [0.2, 0.25) is 0 Å². The molecule has 1 fully saturated rings. The molecule has 18 heavy (non-hydrogen) atoms. The fraction of sp³-hybridized carbons (Fsp3) is 0.600. The molecule has 1 N–H and O–H groups in total. The Balaban J connectivity index is 2.00. The highest BCUT2D eigenvalue weighted by Crippen LogP contribution is 2.32. The number of hydrogen-bond acceptors (Lipinski definition) is 1. The van der Waals surface area contributed by atoms with Gasteiger partial charge in [-0.15, -0.1) is 0 Å². The summed E-state index contributed by atoms with van der Waals surface area (Å²) in [6.45, 7) is 0. The molecular weight excluding hydrogens is 249 g/mol. The normalized spacial score (nSPS) is 18.2. The third-order valence-electron chi connectivity index (χ3n) is 4.04. The van der Waals surface area contributed by atoms with E-state index in [1.807, 2.05) is 19.2 Å². The Kier molecular flexibility index (Phi) is 5.02. The first-order valence-electron chi connectivity index (χ1n) is 6.83. The Morgan fingerprint density at radius 2 is 2.11 bits per heavy atom. The van der Waals surface area contributed by atoms with Gasteiger partial charge < -0.3 is 5.32 Å². The van der Waals surface area contributed by atoms with Crippen molar-refractivity contribution in [2.45, 2.75) is 44.6 Å². The number of benzene rings is 1. The fourth-order valence-corrected chi connectivity index (χ4v) is 3.13. The molecule has 0 radical (unpaired) electrons. The first-order valence-corrected chi connectivity index (χ1v) is 7.21. The monoisotopic (exact) mass is 269 g/mol. The standard InChI is InChI=1S/C15H21ClFN/c1-18-14(10-9-11-5-2-3-6-11)12-7-4-8-13(16)15(12)17/h4,7-8,11,14,18H,2-3,5-6,9-10H2,1H3. The molecule has 0 heterocycles. The lowest BCUT2D eigenvalue weighted by Gasteiger charge is -2.19. The molecule has 100 valence electrons. The van der Waals surface area contributed by atoms with Crippen molar-refractivity contribution in [2.75, 3.05) is 7.05 Å². The average Bonchev–Trinajstić information content (AvgIpc) is 2.88. The summed E-state index contributed by atoms with van der Waals surface area (Å²) in [4.78, 5) is 0. The van der Waals surface area contributed by atoms with Gasteiger partial charge in [-0.25, -0.2) is 4.39 Å². The van der Waals surface area contributed by atoms with Crippen LogP contribution in [0.4, 0.5) is 4.39 Å². The van der Waals surface area contributed by atoms with E-state index in [9.17, 15) is 4.39 Å². The van der Waals surface area contributed by atoms with Crippen LogP contribution in [0.2, 0.25) is 5.02 Å². The van der Waals surface area contributed by atoms with Crippen molar-refractivity contribution in [3.8, 4) is 0 Å². The van der Waals surface area contributed by atoms with Gasteiger partial charge in [0.05, 0.1) is 5.02 Å². The summed E-state index contributed by atoms with van der Waals surface area (Å²) in [6, 6.07) is 5.33. The average molecular weight is 270 g/mol. The first-order chi connectivity index (χ1) is 8.72. The molecule has 1 unspecified atom stereocenters. The number of halogens is 2. The number of nitrogens with one attached hydrogen (secondary N) is 1. The molecule has 1 aromatic rings. The van der Waals surface area contributed by atoms with Gasteiger partial charge in [-0.2, -0.15) is 0 Å². The lowest BCUT2D eigenvalue weighted by Crippen LogP contribution is -2.18. The second-order valence-corrected chi connectivity index (χ2v) is 5.62. The van der Waals surface area contributed by atoms with Crippen molar-refractivity contribution >= 4 is 11.6 Å². The maximum absolute atomic E-state index is 14.0. The van der Waals surface area contributed by atoms with Gasteiger partial charge >= 0.3 is 0 Å². The van der Waals surface area contributed by atoms with Crippen LogP contribution in [0.15, 0.2) is 18.2 Å². The Bertz CT molecular complexity index is 388. The highest BCUT2D eigenvalue weighted by Gasteiger charge is 2.20. The summed E-state index contributed by atoms with van der Waals surface area (Å²) in [5.74, 6) is 0.563. The van der Waals surface area contributed by atoms with Crippen molar-refractivity contribution in [1.29, 1.82) is 0 Å². The second kappa shape index (κ2) is 6.53. The topological polar surface area (TPSA) is 12.0 Å². The van der Waals surface area contributed by atoms with Crippen LogP contribution in [0.25, 0.3) is 0 Å². The smallest absolute Gasteiger partial charge is 0.146 e. The zero-order valence-corrected chi connectivity index (χ0v) is 11.6. The lowest BCUT2D eigenvalue weighted by atomic mass is 9.94. The summed E-state index contributed by atoms with van der Waals surface area (Å²) >= 11 is 5.84. The molecule has 0 aliphatic heterocycles. The van der Waals surface area contributed by atoms with E-state index in [1.165, 1.54) is 32.1 Å². The van der Waals surface area contributed by atoms with Crippen LogP contribution < -0.4 is 5.32 Å². The van der Waals surface area contributed by atoms with Gasteiger partial charge in [0, 0.05) is 11.6 Å². The largest absolute Gasteiger partial charge is 0.313 e. The molecule has 2 rings (SSSR count). The van der Waals surface area contributed by atoms with E-state index < -0.39 is 0 Å². The summed E-state index contributed by atoms with van der Waals surface area (Å²) in [5, 5.41) is 3.43. The molecule has 1 aliphatic carbocycles. The van der Waals surface area contributed by atoms with E-state index in [2.05, 4.69) is 5.32 Å². The third kappa shape index (κ3) is 3.24. The van der Waals surface area contributed by atoms with Gasteiger partial charge in [0.25, 0.3) is 0 Å². The first kappa shape index (κ1) is 13.8. The number of hydrogen-bond donors (Lipinski definition) is 1. The van der Waals surface area contributed by atoms with Crippen LogP contribution in [0.5, 0.6) is 0 Å². The predicted octanol–water partition coefficient (Wildman–Crippen LogP) is 4.71. The Morgan fingerprint density at radius 3 is 2.78 bits per heavy atom. The zero-order chi connectivity index (χ0) is 13.0. The van der Waals surface area contributed by atoms with Gasteiger partial charge in [-0.1, -0.05) is 49.4 Å². The fourth-order valence-electron chi connectivity index (χ4n) is 2.95.